The van der Waals surface area contributed by atoms with E-state index in [4.69, 9.17) is 0 Å². The van der Waals surface area contributed by atoms with E-state index in [1.807, 2.05) is 0 Å². The largest absolute Gasteiger partial charge is 0.510 e. The number of carbonyl (C=O) groups excluding carboxylic acids is 1. The summed E-state index contributed by atoms with van der Waals surface area (Å²) in [5.74, 6) is -0.893. The first kappa shape index (κ1) is 11.8. The maximum atomic E-state index is 11.3. The van der Waals surface area contributed by atoms with Gasteiger partial charge in [-0.3, -0.25) is 0 Å². The van der Waals surface area contributed by atoms with Crippen molar-refractivity contribution in [2.75, 3.05) is 6.61 Å². The molecular formula is C8H11N5O3. The Morgan fingerprint density at radius 2 is 2.44 bits per heavy atom. The number of ether oxygens (including phenoxy) is 1. The van der Waals surface area contributed by atoms with Gasteiger partial charge >= 0.3 is 5.97 Å². The Hall–Kier alpha value is -2.25. The van der Waals surface area contributed by atoms with Gasteiger partial charge in [0.05, 0.1) is 6.61 Å². The second-order valence-corrected chi connectivity index (χ2v) is 2.66. The van der Waals surface area contributed by atoms with Crippen molar-refractivity contribution in [2.45, 2.75) is 13.8 Å². The molecule has 0 bridgehead atoms. The summed E-state index contributed by atoms with van der Waals surface area (Å²) in [4.78, 5) is 15.0. The zero-order valence-electron chi connectivity index (χ0n) is 8.84. The van der Waals surface area contributed by atoms with Crippen LogP contribution in [0.5, 0.6) is 0 Å². The Kier molecular flexibility index (Phi) is 4.13. The number of carbonyl (C=O) groups is 1. The van der Waals surface area contributed by atoms with Crippen LogP contribution in [0.3, 0.4) is 0 Å². The summed E-state index contributed by atoms with van der Waals surface area (Å²) < 4.78 is 4.68. The minimum atomic E-state index is -0.745. The van der Waals surface area contributed by atoms with E-state index >= 15 is 0 Å². The molecule has 0 unspecified atom stereocenters. The molecule has 0 aliphatic rings. The fourth-order valence-corrected chi connectivity index (χ4v) is 0.805. The zero-order chi connectivity index (χ0) is 12.0. The first-order valence-corrected chi connectivity index (χ1v) is 4.49. The lowest BCUT2D eigenvalue weighted by molar-refractivity contribution is -0.138. The van der Waals surface area contributed by atoms with E-state index in [-0.39, 0.29) is 24.0 Å². The van der Waals surface area contributed by atoms with Crippen LogP contribution in [0.25, 0.3) is 0 Å². The minimum absolute atomic E-state index is 0.128. The number of hydrogen-bond acceptors (Lipinski definition) is 7. The number of azo groups is 1. The number of aromatic nitrogens is 3. The molecule has 1 aromatic heterocycles. The van der Waals surface area contributed by atoms with Crippen molar-refractivity contribution >= 4 is 11.9 Å². The van der Waals surface area contributed by atoms with Crippen LogP contribution in [-0.4, -0.2) is 32.9 Å². The molecule has 16 heavy (non-hydrogen) atoms. The number of aliphatic hydroxyl groups is 1. The van der Waals surface area contributed by atoms with Gasteiger partial charge in [0.1, 0.15) is 12.1 Å². The third kappa shape index (κ3) is 3.15. The predicted molar refractivity (Wildman–Crippen MR) is 52.9 cm³/mol. The van der Waals surface area contributed by atoms with Crippen molar-refractivity contribution in [3.63, 3.8) is 0 Å². The molecule has 0 atom stereocenters. The standard InChI is InChI=1S/C8H11N5O3/c1-3-16-7(15)6(5(2)14)11-13-8-9-4-10-12-8/h4,14H,3H2,1-2H3,(H,9,10,12)/b6-5-,13-11?. The van der Waals surface area contributed by atoms with Gasteiger partial charge in [-0.2, -0.15) is 10.1 Å². The van der Waals surface area contributed by atoms with Crippen LogP contribution in [0.4, 0.5) is 5.95 Å². The summed E-state index contributed by atoms with van der Waals surface area (Å²) in [5, 5.41) is 22.3. The molecule has 0 radical (unpaired) electrons. The number of nitrogens with zero attached hydrogens (tertiary/aromatic N) is 4. The SMILES string of the molecule is CCOC(=O)/C(N=Nc1ncn[nH]1)=C(\C)O. The molecule has 2 N–H and O–H groups in total. The van der Waals surface area contributed by atoms with Crippen LogP contribution < -0.4 is 0 Å². The van der Waals surface area contributed by atoms with Gasteiger partial charge in [-0.15, -0.1) is 10.2 Å². The van der Waals surface area contributed by atoms with Gasteiger partial charge < -0.3 is 9.84 Å². The Bertz CT molecular complexity index is 405. The van der Waals surface area contributed by atoms with E-state index in [1.165, 1.54) is 13.3 Å². The van der Waals surface area contributed by atoms with Gasteiger partial charge in [-0.1, -0.05) is 0 Å². The lowest BCUT2D eigenvalue weighted by Gasteiger charge is -2.01. The highest BCUT2D eigenvalue weighted by Gasteiger charge is 2.13. The highest BCUT2D eigenvalue weighted by Crippen LogP contribution is 2.10. The molecule has 0 spiro atoms. The van der Waals surface area contributed by atoms with Crippen LogP contribution in [0.15, 0.2) is 28.0 Å². The number of aliphatic hydroxyl groups excluding tert-OH is 1. The molecule has 0 aliphatic heterocycles. The van der Waals surface area contributed by atoms with Crippen LogP contribution in [0, 0.1) is 0 Å². The summed E-state index contributed by atoms with van der Waals surface area (Å²) in [6, 6.07) is 0. The van der Waals surface area contributed by atoms with E-state index in [0.29, 0.717) is 0 Å². The lowest BCUT2D eigenvalue weighted by atomic mass is 10.4. The summed E-state index contributed by atoms with van der Waals surface area (Å²) >= 11 is 0. The van der Waals surface area contributed by atoms with Crippen molar-refractivity contribution in [2.24, 2.45) is 10.2 Å². The molecule has 1 rings (SSSR count). The second kappa shape index (κ2) is 5.59. The molecule has 0 saturated carbocycles. The molecule has 1 heterocycles. The van der Waals surface area contributed by atoms with Crippen molar-refractivity contribution < 1.29 is 14.6 Å². The highest BCUT2D eigenvalue weighted by atomic mass is 16.5. The fourth-order valence-electron chi connectivity index (χ4n) is 0.805. The van der Waals surface area contributed by atoms with Crippen molar-refractivity contribution in [3.05, 3.63) is 17.8 Å². The molecular weight excluding hydrogens is 214 g/mol. The lowest BCUT2D eigenvalue weighted by Crippen LogP contribution is -2.07. The number of allylic oxidation sites excluding steroid dienone is 1. The molecule has 0 saturated heterocycles. The quantitative estimate of drug-likeness (QED) is 0.346. The maximum absolute atomic E-state index is 11.3. The second-order valence-electron chi connectivity index (χ2n) is 2.66. The molecule has 0 amide bonds. The van der Waals surface area contributed by atoms with E-state index in [9.17, 15) is 9.90 Å². The van der Waals surface area contributed by atoms with Gasteiger partial charge in [0.25, 0.3) is 5.95 Å². The number of nitrogens with one attached hydrogen (secondary N) is 1. The van der Waals surface area contributed by atoms with Gasteiger partial charge in [0.2, 0.25) is 5.70 Å². The molecule has 8 nitrogen and oxygen atoms in total. The average Bonchev–Trinajstić information content (AvgIpc) is 2.70. The van der Waals surface area contributed by atoms with Crippen molar-refractivity contribution in [1.29, 1.82) is 0 Å². The van der Waals surface area contributed by atoms with Crippen LogP contribution in [0.2, 0.25) is 0 Å². The van der Waals surface area contributed by atoms with Crippen molar-refractivity contribution in [1.82, 2.24) is 15.2 Å². The number of hydrogen-bond donors (Lipinski definition) is 2. The molecule has 86 valence electrons. The molecule has 8 heteroatoms. The maximum Gasteiger partial charge on any atom is 0.362 e. The third-order valence-corrected chi connectivity index (χ3v) is 1.46. The topological polar surface area (TPSA) is 113 Å². The van der Waals surface area contributed by atoms with Gasteiger partial charge in [-0.05, 0) is 13.8 Å². The summed E-state index contributed by atoms with van der Waals surface area (Å²) in [5.41, 5.74) is -0.266. The molecule has 0 aromatic carbocycles. The minimum Gasteiger partial charge on any atom is -0.510 e. The van der Waals surface area contributed by atoms with Gasteiger partial charge in [0.15, 0.2) is 0 Å². The van der Waals surface area contributed by atoms with Crippen LogP contribution >= 0.6 is 0 Å². The first-order valence-electron chi connectivity index (χ1n) is 4.49. The van der Waals surface area contributed by atoms with E-state index in [2.05, 4.69) is 30.1 Å². The summed E-state index contributed by atoms with van der Waals surface area (Å²) in [6.07, 6.45) is 1.24. The zero-order valence-corrected chi connectivity index (χ0v) is 8.84. The fraction of sp³-hybridized carbons (Fsp3) is 0.375. The number of rotatable bonds is 4. The Balaban J connectivity index is 2.82. The Morgan fingerprint density at radius 3 is 2.94 bits per heavy atom. The highest BCUT2D eigenvalue weighted by molar-refractivity contribution is 5.88. The number of aromatic amines is 1. The normalized spacial score (nSPS) is 12.6. The van der Waals surface area contributed by atoms with Crippen molar-refractivity contribution in [3.8, 4) is 0 Å². The predicted octanol–water partition coefficient (Wildman–Crippen LogP) is 1.24. The molecule has 0 aliphatic carbocycles. The monoisotopic (exact) mass is 225 g/mol. The first-order chi connectivity index (χ1) is 7.65. The van der Waals surface area contributed by atoms with E-state index < -0.39 is 5.97 Å². The van der Waals surface area contributed by atoms with Gasteiger partial charge in [0, 0.05) is 0 Å². The van der Waals surface area contributed by atoms with Gasteiger partial charge in [-0.25, -0.2) is 9.89 Å². The molecule has 1 aromatic rings. The Morgan fingerprint density at radius 1 is 1.69 bits per heavy atom. The third-order valence-electron chi connectivity index (χ3n) is 1.46. The number of esters is 1. The van der Waals surface area contributed by atoms with E-state index in [1.54, 1.807) is 6.92 Å². The summed E-state index contributed by atoms with van der Waals surface area (Å²) in [6.45, 7) is 3.15. The summed E-state index contributed by atoms with van der Waals surface area (Å²) in [7, 11) is 0. The average molecular weight is 225 g/mol. The molecule has 0 fully saturated rings. The smallest absolute Gasteiger partial charge is 0.362 e. The van der Waals surface area contributed by atoms with E-state index in [0.717, 1.165) is 0 Å². The number of H-pyrrole nitrogens is 1. The van der Waals surface area contributed by atoms with Crippen LogP contribution in [-0.2, 0) is 9.53 Å². The Labute approximate surface area is 91.1 Å². The van der Waals surface area contributed by atoms with Crippen LogP contribution in [0.1, 0.15) is 13.8 Å².